The van der Waals surface area contributed by atoms with Crippen LogP contribution in [0.25, 0.3) is 17.0 Å². The van der Waals surface area contributed by atoms with E-state index in [9.17, 15) is 4.79 Å². The topological polar surface area (TPSA) is 78.7 Å². The third-order valence-electron chi connectivity index (χ3n) is 4.63. The van der Waals surface area contributed by atoms with E-state index < -0.39 is 0 Å². The second-order valence-electron chi connectivity index (χ2n) is 6.38. The van der Waals surface area contributed by atoms with Crippen LogP contribution in [0.1, 0.15) is 21.5 Å². The molecule has 0 aliphatic heterocycles. The van der Waals surface area contributed by atoms with Gasteiger partial charge in [-0.15, -0.1) is 0 Å². The number of aryl methyl sites for hydroxylation is 2. The highest BCUT2D eigenvalue weighted by Gasteiger charge is 2.18. The molecule has 0 aliphatic carbocycles. The summed E-state index contributed by atoms with van der Waals surface area (Å²) in [6, 6.07) is 15.2. The van der Waals surface area contributed by atoms with Gasteiger partial charge in [0.25, 0.3) is 0 Å². The third kappa shape index (κ3) is 2.65. The Balaban J connectivity index is 1.81. The number of carbonyl (C=O) groups is 1. The van der Waals surface area contributed by atoms with E-state index in [0.717, 1.165) is 16.6 Å². The maximum absolute atomic E-state index is 12.9. The standard InChI is InChI=1S/C20H19N5O/c1-13-7-8-15(11-14(13)2)18(26)12-24-17-6-4-3-5-16(17)23-20(24)25-19(21)9-10-22-25/h3-11H,12,21H2,1-2H3. The van der Waals surface area contributed by atoms with Gasteiger partial charge in [-0.05, 0) is 43.2 Å². The fraction of sp³-hybridized carbons (Fsp3) is 0.150. The van der Waals surface area contributed by atoms with Crippen LogP contribution >= 0.6 is 0 Å². The number of para-hydroxylation sites is 2. The van der Waals surface area contributed by atoms with Gasteiger partial charge in [0.05, 0.1) is 23.8 Å². The number of nitrogens with two attached hydrogens (primary N) is 1. The molecular weight excluding hydrogens is 326 g/mol. The molecule has 0 amide bonds. The number of benzene rings is 2. The Morgan fingerprint density at radius 1 is 1.08 bits per heavy atom. The fourth-order valence-electron chi connectivity index (χ4n) is 3.01. The first-order chi connectivity index (χ1) is 12.5. The van der Waals surface area contributed by atoms with Crippen LogP contribution in [0, 0.1) is 13.8 Å². The van der Waals surface area contributed by atoms with Crippen molar-refractivity contribution in [2.75, 3.05) is 5.73 Å². The molecule has 0 spiro atoms. The van der Waals surface area contributed by atoms with Crippen LogP contribution in [0.3, 0.4) is 0 Å². The van der Waals surface area contributed by atoms with E-state index in [1.54, 1.807) is 16.9 Å². The monoisotopic (exact) mass is 345 g/mol. The van der Waals surface area contributed by atoms with E-state index in [1.165, 1.54) is 5.56 Å². The van der Waals surface area contributed by atoms with E-state index in [4.69, 9.17) is 5.73 Å². The zero-order valence-corrected chi connectivity index (χ0v) is 14.7. The normalized spacial score (nSPS) is 11.2. The van der Waals surface area contributed by atoms with Gasteiger partial charge in [0.2, 0.25) is 5.95 Å². The highest BCUT2D eigenvalue weighted by Crippen LogP contribution is 2.21. The molecule has 2 N–H and O–H groups in total. The molecule has 2 aromatic carbocycles. The zero-order valence-electron chi connectivity index (χ0n) is 14.7. The number of anilines is 1. The van der Waals surface area contributed by atoms with Crippen molar-refractivity contribution < 1.29 is 4.79 Å². The zero-order chi connectivity index (χ0) is 18.3. The van der Waals surface area contributed by atoms with E-state index >= 15 is 0 Å². The molecule has 0 fully saturated rings. The van der Waals surface area contributed by atoms with Crippen LogP contribution in [-0.4, -0.2) is 25.1 Å². The smallest absolute Gasteiger partial charge is 0.234 e. The molecule has 0 bridgehead atoms. The Morgan fingerprint density at radius 2 is 1.88 bits per heavy atom. The molecule has 6 heteroatoms. The lowest BCUT2D eigenvalue weighted by atomic mass is 10.0. The molecule has 2 heterocycles. The molecule has 0 unspecified atom stereocenters. The molecule has 0 radical (unpaired) electrons. The van der Waals surface area contributed by atoms with E-state index in [0.29, 0.717) is 17.3 Å². The quantitative estimate of drug-likeness (QED) is 0.576. The van der Waals surface area contributed by atoms with Crippen LogP contribution in [0.15, 0.2) is 54.7 Å². The highest BCUT2D eigenvalue weighted by molar-refractivity contribution is 5.97. The predicted octanol–water partition coefficient (Wildman–Crippen LogP) is 3.30. The average Bonchev–Trinajstić information content (AvgIpc) is 3.21. The Morgan fingerprint density at radius 3 is 2.62 bits per heavy atom. The minimum Gasteiger partial charge on any atom is -0.383 e. The summed E-state index contributed by atoms with van der Waals surface area (Å²) in [6.45, 7) is 4.21. The first-order valence-corrected chi connectivity index (χ1v) is 8.40. The summed E-state index contributed by atoms with van der Waals surface area (Å²) < 4.78 is 3.41. The number of rotatable bonds is 4. The van der Waals surface area contributed by atoms with Gasteiger partial charge in [0, 0.05) is 11.6 Å². The molecule has 2 aromatic heterocycles. The summed E-state index contributed by atoms with van der Waals surface area (Å²) in [6.07, 6.45) is 1.62. The summed E-state index contributed by atoms with van der Waals surface area (Å²) in [5, 5.41) is 4.24. The number of aromatic nitrogens is 4. The molecule has 0 saturated carbocycles. The molecule has 0 atom stereocenters. The molecule has 6 nitrogen and oxygen atoms in total. The van der Waals surface area contributed by atoms with Crippen LogP contribution in [0.4, 0.5) is 5.82 Å². The van der Waals surface area contributed by atoms with Crippen molar-refractivity contribution in [3.8, 4) is 5.95 Å². The maximum Gasteiger partial charge on any atom is 0.234 e. The molecule has 0 saturated heterocycles. The summed E-state index contributed by atoms with van der Waals surface area (Å²) in [5.74, 6) is 1.02. The third-order valence-corrected chi connectivity index (χ3v) is 4.63. The number of hydrogen-bond donors (Lipinski definition) is 1. The van der Waals surface area contributed by atoms with Crippen molar-refractivity contribution in [3.63, 3.8) is 0 Å². The number of hydrogen-bond acceptors (Lipinski definition) is 4. The van der Waals surface area contributed by atoms with Gasteiger partial charge in [0.1, 0.15) is 5.82 Å². The summed E-state index contributed by atoms with van der Waals surface area (Å²) >= 11 is 0. The number of nitrogens with zero attached hydrogens (tertiary/aromatic N) is 4. The van der Waals surface area contributed by atoms with Gasteiger partial charge in [-0.2, -0.15) is 9.78 Å². The van der Waals surface area contributed by atoms with Gasteiger partial charge in [0.15, 0.2) is 5.78 Å². The highest BCUT2D eigenvalue weighted by atomic mass is 16.1. The first kappa shape index (κ1) is 16.1. The number of ketones is 1. The van der Waals surface area contributed by atoms with Gasteiger partial charge >= 0.3 is 0 Å². The predicted molar refractivity (Wildman–Crippen MR) is 102 cm³/mol. The van der Waals surface area contributed by atoms with Crippen molar-refractivity contribution >= 4 is 22.6 Å². The maximum atomic E-state index is 12.9. The van der Waals surface area contributed by atoms with Crippen molar-refractivity contribution in [1.29, 1.82) is 0 Å². The van der Waals surface area contributed by atoms with Gasteiger partial charge in [-0.25, -0.2) is 4.98 Å². The lowest BCUT2D eigenvalue weighted by Gasteiger charge is -2.10. The number of imidazole rings is 1. The molecule has 0 aliphatic rings. The minimum absolute atomic E-state index is 0.0169. The number of Topliss-reactive ketones (excluding diaryl/α,β-unsaturated/α-hetero) is 1. The molecule has 130 valence electrons. The van der Waals surface area contributed by atoms with Crippen LogP contribution < -0.4 is 5.73 Å². The van der Waals surface area contributed by atoms with Crippen molar-refractivity contribution in [1.82, 2.24) is 19.3 Å². The minimum atomic E-state index is 0.0169. The van der Waals surface area contributed by atoms with Gasteiger partial charge in [-0.3, -0.25) is 4.79 Å². The second kappa shape index (κ2) is 6.15. The fourth-order valence-corrected chi connectivity index (χ4v) is 3.01. The molecular formula is C20H19N5O. The second-order valence-corrected chi connectivity index (χ2v) is 6.38. The number of fused-ring (bicyclic) bond motifs is 1. The lowest BCUT2D eigenvalue weighted by molar-refractivity contribution is 0.0973. The van der Waals surface area contributed by atoms with Crippen LogP contribution in [-0.2, 0) is 6.54 Å². The summed E-state index contributed by atoms with van der Waals surface area (Å²) in [4.78, 5) is 17.5. The van der Waals surface area contributed by atoms with Crippen molar-refractivity contribution in [2.45, 2.75) is 20.4 Å². The Bertz CT molecular complexity index is 1120. The van der Waals surface area contributed by atoms with E-state index in [2.05, 4.69) is 10.1 Å². The summed E-state index contributed by atoms with van der Waals surface area (Å²) in [7, 11) is 0. The van der Waals surface area contributed by atoms with E-state index in [1.807, 2.05) is 60.9 Å². The Labute approximate surface area is 150 Å². The van der Waals surface area contributed by atoms with Crippen molar-refractivity contribution in [2.24, 2.45) is 0 Å². The number of carbonyl (C=O) groups excluding carboxylic acids is 1. The average molecular weight is 345 g/mol. The van der Waals surface area contributed by atoms with Crippen LogP contribution in [0.5, 0.6) is 0 Å². The van der Waals surface area contributed by atoms with E-state index in [-0.39, 0.29) is 12.3 Å². The largest absolute Gasteiger partial charge is 0.383 e. The Kier molecular flexibility index (Phi) is 3.80. The SMILES string of the molecule is Cc1ccc(C(=O)Cn2c(-n3nccc3N)nc3ccccc32)cc1C. The van der Waals surface area contributed by atoms with Gasteiger partial charge in [-0.1, -0.05) is 24.3 Å². The Hall–Kier alpha value is -3.41. The lowest BCUT2D eigenvalue weighted by Crippen LogP contribution is -2.16. The molecule has 4 aromatic rings. The van der Waals surface area contributed by atoms with Crippen LogP contribution in [0.2, 0.25) is 0 Å². The molecule has 26 heavy (non-hydrogen) atoms. The number of nitrogen functional groups attached to an aromatic ring is 1. The summed E-state index contributed by atoms with van der Waals surface area (Å²) in [5.41, 5.74) is 10.6. The van der Waals surface area contributed by atoms with Crippen molar-refractivity contribution in [3.05, 3.63) is 71.4 Å². The first-order valence-electron chi connectivity index (χ1n) is 8.40. The molecule has 4 rings (SSSR count). The van der Waals surface area contributed by atoms with Gasteiger partial charge < -0.3 is 10.3 Å².